The molecule has 0 saturated carbocycles. The first-order valence-electron chi connectivity index (χ1n) is 11.0. The lowest BCUT2D eigenvalue weighted by Gasteiger charge is -2.20. The van der Waals surface area contributed by atoms with Crippen molar-refractivity contribution in [1.29, 1.82) is 0 Å². The highest BCUT2D eigenvalue weighted by Crippen LogP contribution is 2.31. The van der Waals surface area contributed by atoms with Crippen LogP contribution in [0.2, 0.25) is 0 Å². The molecule has 1 aliphatic rings. The van der Waals surface area contributed by atoms with Crippen LogP contribution < -0.4 is 14.4 Å². The molecule has 0 atom stereocenters. The summed E-state index contributed by atoms with van der Waals surface area (Å²) >= 11 is 1.06. The molecule has 0 radical (unpaired) electrons. The highest BCUT2D eigenvalue weighted by Gasteiger charge is 2.25. The van der Waals surface area contributed by atoms with Gasteiger partial charge in [-0.2, -0.15) is 0 Å². The highest BCUT2D eigenvalue weighted by atomic mass is 32.1. The fourth-order valence-electron chi connectivity index (χ4n) is 3.37. The molecular formula is C25H24N2O7S. The molecule has 0 bridgehead atoms. The number of hydrogen-bond acceptors (Lipinski definition) is 9. The van der Waals surface area contributed by atoms with Crippen molar-refractivity contribution in [3.8, 4) is 11.5 Å². The van der Waals surface area contributed by atoms with E-state index in [2.05, 4.69) is 4.98 Å². The molecule has 1 aliphatic heterocycles. The lowest BCUT2D eigenvalue weighted by atomic mass is 10.2. The van der Waals surface area contributed by atoms with Crippen LogP contribution >= 0.6 is 11.3 Å². The first kappa shape index (κ1) is 24.2. The summed E-state index contributed by atoms with van der Waals surface area (Å²) in [5.41, 5.74) is 1.55. The SMILES string of the molecule is CCOC(=O)c1sc(N(Cc2ccccc2)C(=O)COC(=O)c2ccc3c(c2)OCCO3)nc1C. The Hall–Kier alpha value is -3.92. The molecular weight excluding hydrogens is 472 g/mol. The van der Waals surface area contributed by atoms with Crippen molar-refractivity contribution < 1.29 is 33.3 Å². The van der Waals surface area contributed by atoms with Gasteiger partial charge in [0.05, 0.1) is 24.4 Å². The molecule has 0 fully saturated rings. The van der Waals surface area contributed by atoms with Gasteiger partial charge in [-0.25, -0.2) is 14.6 Å². The number of fused-ring (bicyclic) bond motifs is 1. The van der Waals surface area contributed by atoms with Crippen molar-refractivity contribution in [2.75, 3.05) is 31.3 Å². The van der Waals surface area contributed by atoms with E-state index < -0.39 is 24.5 Å². The van der Waals surface area contributed by atoms with Gasteiger partial charge in [-0.05, 0) is 37.6 Å². The predicted octanol–water partition coefficient (Wildman–Crippen LogP) is 3.79. The molecule has 0 aliphatic carbocycles. The molecule has 4 rings (SSSR count). The number of benzene rings is 2. The van der Waals surface area contributed by atoms with Crippen LogP contribution in [0.15, 0.2) is 48.5 Å². The van der Waals surface area contributed by atoms with Crippen molar-refractivity contribution in [3.05, 3.63) is 70.2 Å². The van der Waals surface area contributed by atoms with E-state index in [1.54, 1.807) is 26.0 Å². The van der Waals surface area contributed by atoms with Crippen LogP contribution in [0.3, 0.4) is 0 Å². The summed E-state index contributed by atoms with van der Waals surface area (Å²) in [7, 11) is 0. The van der Waals surface area contributed by atoms with E-state index in [1.807, 2.05) is 30.3 Å². The van der Waals surface area contributed by atoms with Crippen molar-refractivity contribution in [2.24, 2.45) is 0 Å². The number of rotatable bonds is 8. The van der Waals surface area contributed by atoms with E-state index in [1.165, 1.54) is 11.0 Å². The maximum Gasteiger partial charge on any atom is 0.350 e. The molecule has 9 nitrogen and oxygen atoms in total. The van der Waals surface area contributed by atoms with Crippen LogP contribution in [0.4, 0.5) is 5.13 Å². The van der Waals surface area contributed by atoms with E-state index in [0.29, 0.717) is 40.4 Å². The number of ether oxygens (including phenoxy) is 4. The van der Waals surface area contributed by atoms with Crippen LogP contribution in [0.5, 0.6) is 11.5 Å². The standard InChI is InChI=1S/C25H24N2O7S/c1-3-31-24(30)22-16(2)26-25(35-22)27(14-17-7-5-4-6-8-17)21(28)15-34-23(29)18-9-10-19-20(13-18)33-12-11-32-19/h4-10,13H,3,11-12,14-15H2,1-2H3. The number of nitrogens with zero attached hydrogens (tertiary/aromatic N) is 2. The molecule has 1 aromatic heterocycles. The first-order chi connectivity index (χ1) is 17.0. The van der Waals surface area contributed by atoms with Crippen LogP contribution in [-0.4, -0.2) is 49.3 Å². The minimum atomic E-state index is -0.669. The smallest absolute Gasteiger partial charge is 0.350 e. The van der Waals surface area contributed by atoms with Crippen LogP contribution in [-0.2, 0) is 20.8 Å². The number of amides is 1. The fourth-order valence-corrected chi connectivity index (χ4v) is 4.35. The molecule has 2 heterocycles. The summed E-state index contributed by atoms with van der Waals surface area (Å²) < 4.78 is 21.4. The second kappa shape index (κ2) is 11.0. The average Bonchev–Trinajstić information content (AvgIpc) is 3.27. The molecule has 0 spiro atoms. The van der Waals surface area contributed by atoms with Crippen molar-refractivity contribution in [3.63, 3.8) is 0 Å². The Morgan fingerprint density at radius 3 is 2.49 bits per heavy atom. The summed E-state index contributed by atoms with van der Waals surface area (Å²) in [5.74, 6) is -0.644. The van der Waals surface area contributed by atoms with Gasteiger partial charge in [-0.15, -0.1) is 0 Å². The van der Waals surface area contributed by atoms with E-state index in [4.69, 9.17) is 18.9 Å². The largest absolute Gasteiger partial charge is 0.486 e. The Balaban J connectivity index is 1.51. The Kier molecular flexibility index (Phi) is 7.61. The summed E-state index contributed by atoms with van der Waals surface area (Å²) in [4.78, 5) is 44.2. The van der Waals surface area contributed by atoms with Gasteiger partial charge in [-0.1, -0.05) is 41.7 Å². The normalized spacial score (nSPS) is 12.1. The average molecular weight is 497 g/mol. The van der Waals surface area contributed by atoms with E-state index in [0.717, 1.165) is 16.9 Å². The number of aryl methyl sites for hydroxylation is 1. The number of thiazole rings is 1. The number of hydrogen-bond donors (Lipinski definition) is 0. The molecule has 10 heteroatoms. The molecule has 2 aromatic carbocycles. The molecule has 182 valence electrons. The van der Waals surface area contributed by atoms with Crippen LogP contribution in [0.25, 0.3) is 0 Å². The van der Waals surface area contributed by atoms with Gasteiger partial charge in [-0.3, -0.25) is 9.69 Å². The van der Waals surface area contributed by atoms with Gasteiger partial charge >= 0.3 is 11.9 Å². The van der Waals surface area contributed by atoms with Gasteiger partial charge in [0, 0.05) is 0 Å². The second-order valence-electron chi connectivity index (χ2n) is 7.53. The van der Waals surface area contributed by atoms with Crippen molar-refractivity contribution >= 4 is 34.3 Å². The van der Waals surface area contributed by atoms with Gasteiger partial charge in [0.2, 0.25) is 0 Å². The zero-order valence-electron chi connectivity index (χ0n) is 19.3. The minimum absolute atomic E-state index is 0.191. The third-order valence-electron chi connectivity index (χ3n) is 5.07. The molecule has 0 N–H and O–H groups in total. The Bertz CT molecular complexity index is 1230. The van der Waals surface area contributed by atoms with E-state index in [-0.39, 0.29) is 18.7 Å². The van der Waals surface area contributed by atoms with Crippen LogP contribution in [0.1, 0.15) is 38.2 Å². The number of aromatic nitrogens is 1. The zero-order chi connectivity index (χ0) is 24.8. The lowest BCUT2D eigenvalue weighted by molar-refractivity contribution is -0.121. The van der Waals surface area contributed by atoms with Gasteiger partial charge in [0.1, 0.15) is 18.1 Å². The molecule has 3 aromatic rings. The summed E-state index contributed by atoms with van der Waals surface area (Å²) in [6.07, 6.45) is 0. The maximum atomic E-state index is 13.2. The Labute approximate surface area is 206 Å². The molecule has 35 heavy (non-hydrogen) atoms. The first-order valence-corrected chi connectivity index (χ1v) is 11.8. The number of esters is 2. The third kappa shape index (κ3) is 5.78. The van der Waals surface area contributed by atoms with Gasteiger partial charge in [0.15, 0.2) is 23.2 Å². The Morgan fingerprint density at radius 2 is 1.74 bits per heavy atom. The predicted molar refractivity (Wildman–Crippen MR) is 128 cm³/mol. The van der Waals surface area contributed by atoms with Crippen LogP contribution in [0, 0.1) is 6.92 Å². The van der Waals surface area contributed by atoms with Crippen molar-refractivity contribution in [1.82, 2.24) is 4.98 Å². The van der Waals surface area contributed by atoms with E-state index in [9.17, 15) is 14.4 Å². The zero-order valence-corrected chi connectivity index (χ0v) is 20.1. The summed E-state index contributed by atoms with van der Waals surface area (Å²) in [6.45, 7) is 4.14. The quantitative estimate of drug-likeness (QED) is 0.434. The molecule has 0 unspecified atom stereocenters. The fraction of sp³-hybridized carbons (Fsp3) is 0.280. The number of anilines is 1. The monoisotopic (exact) mass is 496 g/mol. The molecule has 0 saturated heterocycles. The molecule has 1 amide bonds. The Morgan fingerprint density at radius 1 is 1.00 bits per heavy atom. The highest BCUT2D eigenvalue weighted by molar-refractivity contribution is 7.17. The lowest BCUT2D eigenvalue weighted by Crippen LogP contribution is -2.34. The topological polar surface area (TPSA) is 104 Å². The van der Waals surface area contributed by atoms with Crippen molar-refractivity contribution in [2.45, 2.75) is 20.4 Å². The number of carbonyl (C=O) groups excluding carboxylic acids is 3. The van der Waals surface area contributed by atoms with E-state index >= 15 is 0 Å². The second-order valence-corrected chi connectivity index (χ2v) is 8.51. The third-order valence-corrected chi connectivity index (χ3v) is 6.23. The maximum absolute atomic E-state index is 13.2. The number of carbonyl (C=O) groups is 3. The summed E-state index contributed by atoms with van der Waals surface area (Å²) in [6, 6.07) is 14.0. The van der Waals surface area contributed by atoms with Gasteiger partial charge < -0.3 is 18.9 Å². The summed E-state index contributed by atoms with van der Waals surface area (Å²) in [5, 5.41) is 0.315. The minimum Gasteiger partial charge on any atom is -0.486 e. The van der Waals surface area contributed by atoms with Gasteiger partial charge in [0.25, 0.3) is 5.91 Å².